The third kappa shape index (κ3) is 7.84. The molecule has 190 valence electrons. The molecule has 7 nitrogen and oxygen atoms in total. The van der Waals surface area contributed by atoms with Crippen LogP contribution in [0.2, 0.25) is 0 Å². The van der Waals surface area contributed by atoms with Crippen molar-refractivity contribution in [2.24, 2.45) is 0 Å². The van der Waals surface area contributed by atoms with Crippen molar-refractivity contribution in [3.63, 3.8) is 0 Å². The van der Waals surface area contributed by atoms with Crippen molar-refractivity contribution in [3.05, 3.63) is 64.2 Å². The smallest absolute Gasteiger partial charge is 0.408 e. The first kappa shape index (κ1) is 27.9. The van der Waals surface area contributed by atoms with E-state index in [0.717, 1.165) is 27.9 Å². The Morgan fingerprint density at radius 2 is 1.49 bits per heavy atom. The van der Waals surface area contributed by atoms with Crippen molar-refractivity contribution in [3.8, 4) is 0 Å². The lowest BCUT2D eigenvalue weighted by Gasteiger charge is -2.35. The van der Waals surface area contributed by atoms with Crippen LogP contribution in [0.4, 0.5) is 10.5 Å². The number of amides is 3. The number of benzene rings is 2. The van der Waals surface area contributed by atoms with Crippen molar-refractivity contribution in [1.29, 1.82) is 0 Å². The van der Waals surface area contributed by atoms with Gasteiger partial charge >= 0.3 is 6.09 Å². The first-order chi connectivity index (χ1) is 16.2. The van der Waals surface area contributed by atoms with Gasteiger partial charge in [0.2, 0.25) is 5.91 Å². The Morgan fingerprint density at radius 3 is 1.97 bits per heavy atom. The summed E-state index contributed by atoms with van der Waals surface area (Å²) in [5.74, 6) is -0.696. The van der Waals surface area contributed by atoms with E-state index in [0.29, 0.717) is 5.56 Å². The lowest BCUT2D eigenvalue weighted by molar-refractivity contribution is -0.140. The van der Waals surface area contributed by atoms with Crippen molar-refractivity contribution in [1.82, 2.24) is 10.2 Å². The second kappa shape index (κ2) is 11.4. The van der Waals surface area contributed by atoms with Crippen LogP contribution in [0.25, 0.3) is 0 Å². The van der Waals surface area contributed by atoms with Gasteiger partial charge in [-0.3, -0.25) is 9.59 Å². The number of nitrogens with zero attached hydrogens (tertiary/aromatic N) is 1. The number of hydrogen-bond acceptors (Lipinski definition) is 4. The molecule has 1 unspecified atom stereocenters. The highest BCUT2D eigenvalue weighted by Crippen LogP contribution is 2.29. The number of para-hydroxylation sites is 1. The Kier molecular flexibility index (Phi) is 9.07. The van der Waals surface area contributed by atoms with Crippen molar-refractivity contribution in [2.75, 3.05) is 11.9 Å². The van der Waals surface area contributed by atoms with Crippen LogP contribution in [0.3, 0.4) is 0 Å². The van der Waals surface area contributed by atoms with Crippen LogP contribution in [0.1, 0.15) is 68.5 Å². The minimum absolute atomic E-state index is 0.287. The molecule has 0 spiro atoms. The van der Waals surface area contributed by atoms with Crippen LogP contribution >= 0.6 is 0 Å². The van der Waals surface area contributed by atoms with Crippen molar-refractivity contribution >= 4 is 23.6 Å². The van der Waals surface area contributed by atoms with Crippen LogP contribution in [0.5, 0.6) is 0 Å². The molecule has 2 aromatic rings. The summed E-state index contributed by atoms with van der Waals surface area (Å²) < 4.78 is 5.26. The van der Waals surface area contributed by atoms with Gasteiger partial charge in [0.05, 0.1) is 0 Å². The third-order valence-corrected chi connectivity index (χ3v) is 5.44. The Labute approximate surface area is 209 Å². The fourth-order valence-corrected chi connectivity index (χ4v) is 4.09. The number of anilines is 1. The van der Waals surface area contributed by atoms with E-state index in [1.807, 2.05) is 77.9 Å². The van der Waals surface area contributed by atoms with Gasteiger partial charge < -0.3 is 20.3 Å². The zero-order valence-corrected chi connectivity index (χ0v) is 22.4. The zero-order chi connectivity index (χ0) is 26.5. The lowest BCUT2D eigenvalue weighted by atomic mass is 9.97. The molecule has 1 atom stereocenters. The number of alkyl carbamates (subject to hydrolysis) is 1. The minimum atomic E-state index is -0.888. The second-order valence-electron chi connectivity index (χ2n) is 10.3. The van der Waals surface area contributed by atoms with E-state index >= 15 is 0 Å². The quantitative estimate of drug-likeness (QED) is 0.557. The molecule has 0 aliphatic carbocycles. The molecule has 0 heterocycles. The molecule has 0 bridgehead atoms. The van der Waals surface area contributed by atoms with Crippen molar-refractivity contribution < 1.29 is 19.1 Å². The summed E-state index contributed by atoms with van der Waals surface area (Å²) in [6, 6.07) is 10.5. The second-order valence-corrected chi connectivity index (χ2v) is 10.3. The number of carbonyl (C=O) groups is 3. The summed E-state index contributed by atoms with van der Waals surface area (Å²) in [5.41, 5.74) is 4.62. The fourth-order valence-electron chi connectivity index (χ4n) is 4.09. The summed E-state index contributed by atoms with van der Waals surface area (Å²) in [6.07, 6.45) is -0.683. The molecular formula is C28H39N3O4. The molecule has 0 saturated carbocycles. The van der Waals surface area contributed by atoms with Crippen molar-refractivity contribution in [2.45, 2.75) is 80.0 Å². The number of hydrogen-bond donors (Lipinski definition) is 2. The van der Waals surface area contributed by atoms with Gasteiger partial charge in [-0.1, -0.05) is 47.5 Å². The van der Waals surface area contributed by atoms with E-state index in [1.54, 1.807) is 20.8 Å². The maximum atomic E-state index is 13.8. The van der Waals surface area contributed by atoms with Crippen LogP contribution in [0, 0.1) is 27.7 Å². The van der Waals surface area contributed by atoms with Gasteiger partial charge in [-0.2, -0.15) is 0 Å². The number of ether oxygens (including phenoxy) is 1. The van der Waals surface area contributed by atoms with Gasteiger partial charge in [0.25, 0.3) is 5.91 Å². The monoisotopic (exact) mass is 481 g/mol. The summed E-state index contributed by atoms with van der Waals surface area (Å²) in [6.45, 7) is 16.5. The molecule has 2 rings (SSSR count). The number of nitrogens with one attached hydrogen (secondary N) is 2. The van der Waals surface area contributed by atoms with Crippen LogP contribution in [-0.4, -0.2) is 41.0 Å². The van der Waals surface area contributed by atoms with Gasteiger partial charge in [-0.15, -0.1) is 0 Å². The molecule has 0 fully saturated rings. The summed E-state index contributed by atoms with van der Waals surface area (Å²) in [5, 5.41) is 5.58. The van der Waals surface area contributed by atoms with E-state index in [-0.39, 0.29) is 24.4 Å². The Bertz CT molecular complexity index is 1050. The molecule has 35 heavy (non-hydrogen) atoms. The summed E-state index contributed by atoms with van der Waals surface area (Å²) >= 11 is 0. The first-order valence-corrected chi connectivity index (χ1v) is 11.9. The molecule has 3 amide bonds. The fraction of sp³-hybridized carbons (Fsp3) is 0.464. The van der Waals surface area contributed by atoms with E-state index in [4.69, 9.17) is 4.74 Å². The highest BCUT2D eigenvalue weighted by molar-refractivity contribution is 5.99. The first-order valence-electron chi connectivity index (χ1n) is 11.9. The van der Waals surface area contributed by atoms with Gasteiger partial charge in [-0.25, -0.2) is 4.79 Å². The number of rotatable bonds is 7. The van der Waals surface area contributed by atoms with E-state index in [2.05, 4.69) is 10.6 Å². The Hall–Kier alpha value is -3.35. The third-order valence-electron chi connectivity index (χ3n) is 5.44. The lowest BCUT2D eigenvalue weighted by Crippen LogP contribution is -2.49. The maximum absolute atomic E-state index is 13.8. The highest BCUT2D eigenvalue weighted by Gasteiger charge is 2.34. The molecule has 0 aromatic heterocycles. The van der Waals surface area contributed by atoms with Gasteiger partial charge in [0.15, 0.2) is 0 Å². The Balaban J connectivity index is 2.44. The molecule has 0 aliphatic rings. The standard InChI is InChI=1S/C28H39N3O4/c1-17(2)31(23(32)16-29-27(34)35-28(7,8)9)25(22-14-18(3)13-19(4)15-22)26(33)30-24-20(5)11-10-12-21(24)6/h10-15,17,25H,16H2,1-9H3,(H,29,34)(H,30,33). The van der Waals surface area contributed by atoms with Gasteiger partial charge in [0.1, 0.15) is 18.2 Å². The summed E-state index contributed by atoms with van der Waals surface area (Å²) in [4.78, 5) is 40.9. The maximum Gasteiger partial charge on any atom is 0.408 e. The minimum Gasteiger partial charge on any atom is -0.444 e. The largest absolute Gasteiger partial charge is 0.444 e. The molecular weight excluding hydrogens is 442 g/mol. The van der Waals surface area contributed by atoms with Crippen LogP contribution < -0.4 is 10.6 Å². The molecule has 0 radical (unpaired) electrons. The van der Waals surface area contributed by atoms with Crippen LogP contribution in [-0.2, 0) is 14.3 Å². The Morgan fingerprint density at radius 1 is 0.943 bits per heavy atom. The average molecular weight is 482 g/mol. The molecule has 7 heteroatoms. The summed E-state index contributed by atoms with van der Waals surface area (Å²) in [7, 11) is 0. The van der Waals surface area contributed by atoms with Crippen LogP contribution in [0.15, 0.2) is 36.4 Å². The normalized spacial score (nSPS) is 12.2. The number of aryl methyl sites for hydroxylation is 4. The van der Waals surface area contributed by atoms with Gasteiger partial charge in [0, 0.05) is 11.7 Å². The molecule has 2 aromatic carbocycles. The van der Waals surface area contributed by atoms with Gasteiger partial charge in [-0.05, 0) is 79.0 Å². The number of carbonyl (C=O) groups excluding carboxylic acids is 3. The highest BCUT2D eigenvalue weighted by atomic mass is 16.6. The SMILES string of the molecule is Cc1cc(C)cc(C(C(=O)Nc2c(C)cccc2C)N(C(=O)CNC(=O)OC(C)(C)C)C(C)C)c1. The topological polar surface area (TPSA) is 87.7 Å². The molecule has 0 saturated heterocycles. The predicted octanol–water partition coefficient (Wildman–Crippen LogP) is 5.36. The van der Waals surface area contributed by atoms with E-state index in [9.17, 15) is 14.4 Å². The average Bonchev–Trinajstić information content (AvgIpc) is 2.70. The molecule has 0 aliphatic heterocycles. The predicted molar refractivity (Wildman–Crippen MR) is 139 cm³/mol. The molecule has 2 N–H and O–H groups in total. The van der Waals surface area contributed by atoms with E-state index in [1.165, 1.54) is 4.90 Å². The van der Waals surface area contributed by atoms with E-state index < -0.39 is 17.7 Å². The zero-order valence-electron chi connectivity index (χ0n) is 22.4.